The Bertz CT molecular complexity index is 1530. The lowest BCUT2D eigenvalue weighted by Crippen LogP contribution is -2.22. The van der Waals surface area contributed by atoms with E-state index < -0.39 is 29.7 Å². The first-order chi connectivity index (χ1) is 17.2. The molecule has 3 heterocycles. The number of amides is 2. The Hall–Kier alpha value is -3.89. The quantitative estimate of drug-likeness (QED) is 0.335. The van der Waals surface area contributed by atoms with Crippen molar-refractivity contribution in [2.24, 2.45) is 0 Å². The number of hydrogen-bond donors (Lipinski definition) is 3. The summed E-state index contributed by atoms with van der Waals surface area (Å²) in [6, 6.07) is 10.5. The number of ether oxygens (including phenoxy) is 1. The Morgan fingerprint density at radius 2 is 1.75 bits per heavy atom. The van der Waals surface area contributed by atoms with Gasteiger partial charge >= 0.3 is 6.18 Å². The number of benzene rings is 2. The maximum Gasteiger partial charge on any atom is 0.416 e. The van der Waals surface area contributed by atoms with Gasteiger partial charge in [0.2, 0.25) is 0 Å². The van der Waals surface area contributed by atoms with Crippen LogP contribution in [0.15, 0.2) is 54.9 Å². The first-order valence-corrected chi connectivity index (χ1v) is 11.3. The van der Waals surface area contributed by atoms with E-state index in [2.05, 4.69) is 10.3 Å². The van der Waals surface area contributed by atoms with Crippen LogP contribution in [0.25, 0.3) is 33.0 Å². The number of carbonyl (C=O) groups is 2. The number of carbonyl (C=O) groups excluding carboxylic acids is 2. The molecule has 7 nitrogen and oxygen atoms in total. The minimum Gasteiger partial charge on any atom is -0.389 e. The number of aliphatic hydroxyl groups excluding tert-OH is 1. The molecule has 10 heteroatoms. The summed E-state index contributed by atoms with van der Waals surface area (Å²) in [4.78, 5) is 29.0. The monoisotopic (exact) mass is 497 g/mol. The molecule has 3 N–H and O–H groups in total. The minimum atomic E-state index is -4.58. The number of nitrogens with one attached hydrogen (secondary N) is 2. The van der Waals surface area contributed by atoms with Gasteiger partial charge in [0.1, 0.15) is 0 Å². The Balaban J connectivity index is 1.73. The van der Waals surface area contributed by atoms with Crippen LogP contribution in [0.3, 0.4) is 0 Å². The minimum absolute atomic E-state index is 0.00722. The van der Waals surface area contributed by atoms with Crippen LogP contribution in [-0.4, -0.2) is 45.8 Å². The van der Waals surface area contributed by atoms with Crippen molar-refractivity contribution in [1.82, 2.24) is 14.9 Å². The van der Waals surface area contributed by atoms with Gasteiger partial charge in [0.15, 0.2) is 0 Å². The molecule has 0 saturated carbocycles. The molecule has 1 unspecified atom stereocenters. The van der Waals surface area contributed by atoms with E-state index >= 15 is 0 Å². The number of hydrogen-bond acceptors (Lipinski definition) is 4. The number of fused-ring (bicyclic) bond motifs is 2. The fourth-order valence-corrected chi connectivity index (χ4v) is 4.60. The predicted octanol–water partition coefficient (Wildman–Crippen LogP) is 4.11. The molecule has 2 amide bonds. The topological polar surface area (TPSA) is 96.3 Å². The molecular weight excluding hydrogens is 475 g/mol. The van der Waals surface area contributed by atoms with Crippen molar-refractivity contribution in [2.75, 3.05) is 13.2 Å². The second kappa shape index (κ2) is 8.96. The van der Waals surface area contributed by atoms with Gasteiger partial charge in [-0.05, 0) is 25.1 Å². The molecular formula is C26H22F3N3O4. The van der Waals surface area contributed by atoms with E-state index in [0.29, 0.717) is 23.1 Å². The highest BCUT2D eigenvalue weighted by Gasteiger charge is 2.36. The highest BCUT2D eigenvalue weighted by atomic mass is 19.4. The number of H-pyrrole nitrogens is 1. The second-order valence-electron chi connectivity index (χ2n) is 8.52. The van der Waals surface area contributed by atoms with Crippen LogP contribution in [0.2, 0.25) is 0 Å². The van der Waals surface area contributed by atoms with Crippen molar-refractivity contribution >= 4 is 44.8 Å². The maximum atomic E-state index is 13.5. The van der Waals surface area contributed by atoms with Gasteiger partial charge in [-0.2, -0.15) is 13.2 Å². The van der Waals surface area contributed by atoms with Crippen molar-refractivity contribution in [3.8, 4) is 0 Å². The molecule has 0 bridgehead atoms. The van der Waals surface area contributed by atoms with E-state index in [1.165, 1.54) is 16.8 Å². The number of aromatic amines is 1. The first-order valence-electron chi connectivity index (χ1n) is 11.3. The Morgan fingerprint density at radius 3 is 2.47 bits per heavy atom. The van der Waals surface area contributed by atoms with Crippen LogP contribution in [0.5, 0.6) is 0 Å². The van der Waals surface area contributed by atoms with E-state index in [-0.39, 0.29) is 29.8 Å². The van der Waals surface area contributed by atoms with Crippen LogP contribution in [0, 0.1) is 0 Å². The third-order valence-electron chi connectivity index (χ3n) is 6.19. The predicted molar refractivity (Wildman–Crippen MR) is 128 cm³/mol. The number of imide groups is 1. The molecule has 0 radical (unpaired) electrons. The normalized spacial score (nSPS) is 15.4. The molecule has 0 spiro atoms. The molecule has 0 aliphatic carbocycles. The van der Waals surface area contributed by atoms with Crippen molar-refractivity contribution < 1.29 is 32.6 Å². The van der Waals surface area contributed by atoms with Crippen LogP contribution in [0.1, 0.15) is 23.6 Å². The summed E-state index contributed by atoms with van der Waals surface area (Å²) in [5, 5.41) is 13.8. The van der Waals surface area contributed by atoms with Gasteiger partial charge < -0.3 is 19.4 Å². The number of para-hydroxylation sites is 1. The van der Waals surface area contributed by atoms with E-state index in [1.807, 2.05) is 18.2 Å². The van der Waals surface area contributed by atoms with Crippen molar-refractivity contribution in [1.29, 1.82) is 0 Å². The smallest absolute Gasteiger partial charge is 0.389 e. The summed E-state index contributed by atoms with van der Waals surface area (Å²) < 4.78 is 47.2. The lowest BCUT2D eigenvalue weighted by molar-refractivity contribution is -0.137. The van der Waals surface area contributed by atoms with Gasteiger partial charge in [0.05, 0.1) is 36.0 Å². The van der Waals surface area contributed by atoms with E-state index in [1.54, 1.807) is 19.2 Å². The summed E-state index contributed by atoms with van der Waals surface area (Å²) in [5.41, 5.74) is 1.08. The highest BCUT2D eigenvalue weighted by molar-refractivity contribution is 6.50. The molecule has 0 saturated heterocycles. The number of rotatable bonds is 7. The largest absolute Gasteiger partial charge is 0.416 e. The fraction of sp³-hybridized carbons (Fsp3) is 0.231. The number of aromatic nitrogens is 2. The molecule has 5 rings (SSSR count). The third kappa shape index (κ3) is 4.08. The Morgan fingerprint density at radius 1 is 1.03 bits per heavy atom. The standard InChI is InChI=1S/C26H22F3N3O4/c1-2-36-13-15(33)11-32-12-19(17-8-7-14(9-21(17)32)26(27,28)29)23-22(24(34)31-25(23)35)18-10-30-20-6-4-3-5-16(18)20/h3-10,12,15,30,33H,2,11,13H2,1H3,(H,31,34,35). The van der Waals surface area contributed by atoms with Crippen molar-refractivity contribution in [2.45, 2.75) is 25.7 Å². The molecule has 0 fully saturated rings. The summed E-state index contributed by atoms with van der Waals surface area (Å²) in [5.74, 6) is -1.24. The Kier molecular flexibility index (Phi) is 5.93. The Labute approximate surface area is 203 Å². The third-order valence-corrected chi connectivity index (χ3v) is 6.19. The van der Waals surface area contributed by atoms with Gasteiger partial charge in [-0.1, -0.05) is 24.3 Å². The molecule has 2 aromatic carbocycles. The van der Waals surface area contributed by atoms with E-state index in [4.69, 9.17) is 4.74 Å². The summed E-state index contributed by atoms with van der Waals surface area (Å²) >= 11 is 0. The van der Waals surface area contributed by atoms with Crippen LogP contribution >= 0.6 is 0 Å². The highest BCUT2D eigenvalue weighted by Crippen LogP contribution is 2.40. The van der Waals surface area contributed by atoms with Crippen LogP contribution in [-0.2, 0) is 27.0 Å². The second-order valence-corrected chi connectivity index (χ2v) is 8.52. The molecule has 186 valence electrons. The number of halogens is 3. The maximum absolute atomic E-state index is 13.5. The molecule has 1 aliphatic heterocycles. The van der Waals surface area contributed by atoms with Gasteiger partial charge in [-0.3, -0.25) is 14.9 Å². The zero-order valence-electron chi connectivity index (χ0n) is 19.1. The molecule has 4 aromatic rings. The molecule has 1 atom stereocenters. The SMILES string of the molecule is CCOCC(O)Cn1cc(C2=C(c3c[nH]c4ccccc34)C(=O)NC2=O)c2ccc(C(F)(F)F)cc21. The number of nitrogens with zero attached hydrogens (tertiary/aromatic N) is 1. The molecule has 36 heavy (non-hydrogen) atoms. The zero-order chi connectivity index (χ0) is 25.6. The first kappa shape index (κ1) is 23.8. The fourth-order valence-electron chi connectivity index (χ4n) is 4.60. The lowest BCUT2D eigenvalue weighted by Gasteiger charge is -2.13. The van der Waals surface area contributed by atoms with Gasteiger partial charge in [0, 0.05) is 51.9 Å². The van der Waals surface area contributed by atoms with Crippen molar-refractivity contribution in [3.63, 3.8) is 0 Å². The van der Waals surface area contributed by atoms with E-state index in [9.17, 15) is 27.9 Å². The van der Waals surface area contributed by atoms with E-state index in [0.717, 1.165) is 23.0 Å². The van der Waals surface area contributed by atoms with Gasteiger partial charge in [-0.15, -0.1) is 0 Å². The van der Waals surface area contributed by atoms with Crippen LogP contribution < -0.4 is 5.32 Å². The molecule has 1 aliphatic rings. The zero-order valence-corrected chi connectivity index (χ0v) is 19.1. The number of alkyl halides is 3. The average Bonchev–Trinajstić information content (AvgIpc) is 3.49. The summed E-state index contributed by atoms with van der Waals surface area (Å²) in [7, 11) is 0. The average molecular weight is 497 g/mol. The summed E-state index contributed by atoms with van der Waals surface area (Å²) in [6.07, 6.45) is -2.44. The van der Waals surface area contributed by atoms with Crippen LogP contribution in [0.4, 0.5) is 13.2 Å². The molecule has 2 aromatic heterocycles. The summed E-state index contributed by atoms with van der Waals surface area (Å²) in [6.45, 7) is 2.06. The lowest BCUT2D eigenvalue weighted by atomic mass is 9.95. The van der Waals surface area contributed by atoms with Gasteiger partial charge in [-0.25, -0.2) is 0 Å². The van der Waals surface area contributed by atoms with Gasteiger partial charge in [0.25, 0.3) is 11.8 Å². The van der Waals surface area contributed by atoms with Crippen molar-refractivity contribution in [3.05, 3.63) is 71.5 Å². The number of aliphatic hydroxyl groups is 1.